The summed E-state index contributed by atoms with van der Waals surface area (Å²) >= 11 is 0. The van der Waals surface area contributed by atoms with Gasteiger partial charge in [0.1, 0.15) is 0 Å². The van der Waals surface area contributed by atoms with E-state index in [4.69, 9.17) is 8.83 Å². The van der Waals surface area contributed by atoms with Gasteiger partial charge < -0.3 is 8.83 Å². The van der Waals surface area contributed by atoms with Crippen LogP contribution >= 0.6 is 0 Å². The van der Waals surface area contributed by atoms with Gasteiger partial charge in [-0.15, -0.1) is 0 Å². The van der Waals surface area contributed by atoms with Crippen molar-refractivity contribution >= 4 is 27.6 Å². The normalized spacial score (nSPS) is 11.3. The fourth-order valence-corrected chi connectivity index (χ4v) is 2.51. The average Bonchev–Trinajstić information content (AvgIpc) is 2.58. The third-order valence-corrected chi connectivity index (χ3v) is 3.60. The molecule has 0 aromatic heterocycles. The third kappa shape index (κ3) is 1.83. The largest absolute Gasteiger partial charge is 0.445 e. The second-order valence-corrected chi connectivity index (χ2v) is 4.95. The highest BCUT2D eigenvalue weighted by molar-refractivity contribution is 5.82. The SMILES string of the molecule is O=c1c2oc3ccc([N+](=O)[O-])cc3oc=2c(=O)c2ccccc12. The van der Waals surface area contributed by atoms with Gasteiger partial charge in [0.25, 0.3) is 5.69 Å². The molecule has 0 saturated carbocycles. The van der Waals surface area contributed by atoms with Crippen molar-refractivity contribution in [1.82, 2.24) is 0 Å². The van der Waals surface area contributed by atoms with Crippen molar-refractivity contribution in [3.8, 4) is 0 Å². The number of hydrogen-bond donors (Lipinski definition) is 0. The van der Waals surface area contributed by atoms with E-state index in [2.05, 4.69) is 0 Å². The van der Waals surface area contributed by atoms with Gasteiger partial charge in [-0.3, -0.25) is 19.7 Å². The topological polar surface area (TPSA) is 104 Å². The van der Waals surface area contributed by atoms with Gasteiger partial charge in [-0.25, -0.2) is 0 Å². The Morgan fingerprint density at radius 2 is 1.39 bits per heavy atom. The number of rotatable bonds is 1. The lowest BCUT2D eigenvalue weighted by molar-refractivity contribution is -0.384. The summed E-state index contributed by atoms with van der Waals surface area (Å²) in [7, 11) is 0. The molecule has 1 aliphatic heterocycles. The minimum Gasteiger partial charge on any atom is -0.445 e. The Balaban J connectivity index is 2.28. The van der Waals surface area contributed by atoms with Crippen LogP contribution in [0.1, 0.15) is 0 Å². The monoisotopic (exact) mass is 309 g/mol. The third-order valence-electron chi connectivity index (χ3n) is 3.60. The highest BCUT2D eigenvalue weighted by Crippen LogP contribution is 2.21. The first kappa shape index (κ1) is 13.2. The van der Waals surface area contributed by atoms with E-state index in [0.29, 0.717) is 0 Å². The quantitative estimate of drug-likeness (QED) is 0.395. The van der Waals surface area contributed by atoms with Crippen LogP contribution in [0.15, 0.2) is 60.9 Å². The Hall–Kier alpha value is -3.48. The molecule has 7 heteroatoms. The highest BCUT2D eigenvalue weighted by Gasteiger charge is 2.14. The summed E-state index contributed by atoms with van der Waals surface area (Å²) in [5.74, 6) is 0. The Labute approximate surface area is 126 Å². The molecule has 1 aliphatic carbocycles. The lowest BCUT2D eigenvalue weighted by Gasteiger charge is -2.00. The van der Waals surface area contributed by atoms with Gasteiger partial charge in [0.15, 0.2) is 11.2 Å². The van der Waals surface area contributed by atoms with E-state index in [0.717, 1.165) is 6.07 Å². The molecule has 0 saturated heterocycles. The Morgan fingerprint density at radius 3 is 1.96 bits per heavy atom. The van der Waals surface area contributed by atoms with Crippen LogP contribution in [0.4, 0.5) is 5.69 Å². The van der Waals surface area contributed by atoms with Crippen LogP contribution in [0.5, 0.6) is 0 Å². The zero-order valence-electron chi connectivity index (χ0n) is 11.4. The minimum atomic E-state index is -0.587. The zero-order valence-corrected chi connectivity index (χ0v) is 11.4. The van der Waals surface area contributed by atoms with Gasteiger partial charge in [0, 0.05) is 16.8 Å². The molecular weight excluding hydrogens is 302 g/mol. The fourth-order valence-electron chi connectivity index (χ4n) is 2.51. The summed E-state index contributed by atoms with van der Waals surface area (Å²) in [4.78, 5) is 35.2. The molecule has 7 nitrogen and oxygen atoms in total. The minimum absolute atomic E-state index is 0.0264. The van der Waals surface area contributed by atoms with Crippen LogP contribution < -0.4 is 10.9 Å². The second-order valence-electron chi connectivity index (χ2n) is 4.95. The van der Waals surface area contributed by atoms with Crippen molar-refractivity contribution in [3.05, 3.63) is 83.9 Å². The van der Waals surface area contributed by atoms with E-state index in [1.807, 2.05) is 0 Å². The summed E-state index contributed by atoms with van der Waals surface area (Å²) in [5.41, 5.74) is -1.43. The first-order chi connectivity index (χ1) is 11.1. The summed E-state index contributed by atoms with van der Waals surface area (Å²) in [6, 6.07) is 10.1. The van der Waals surface area contributed by atoms with Crippen LogP contribution in [0.2, 0.25) is 0 Å². The Kier molecular flexibility index (Phi) is 2.59. The van der Waals surface area contributed by atoms with E-state index in [1.54, 1.807) is 12.1 Å². The smallest absolute Gasteiger partial charge is 0.273 e. The fraction of sp³-hybridized carbons (Fsp3) is 0. The number of non-ortho nitro benzene ring substituents is 1. The van der Waals surface area contributed by atoms with E-state index >= 15 is 0 Å². The van der Waals surface area contributed by atoms with Crippen LogP contribution in [-0.2, 0) is 0 Å². The predicted molar refractivity (Wildman–Crippen MR) is 80.5 cm³/mol. The molecule has 0 bridgehead atoms. The number of nitro benzene ring substituents is 1. The molecule has 0 N–H and O–H groups in total. The summed E-state index contributed by atoms with van der Waals surface area (Å²) < 4.78 is 10.9. The van der Waals surface area contributed by atoms with E-state index < -0.39 is 15.8 Å². The molecular formula is C16H7NO6. The van der Waals surface area contributed by atoms with Crippen LogP contribution in [0, 0.1) is 20.9 Å². The molecule has 0 spiro atoms. The van der Waals surface area contributed by atoms with Gasteiger partial charge >= 0.3 is 0 Å². The molecule has 112 valence electrons. The predicted octanol–water partition coefficient (Wildman–Crippen LogP) is 2.53. The lowest BCUT2D eigenvalue weighted by Crippen LogP contribution is -2.14. The standard InChI is InChI=1S/C16H7NO6/c18-13-9-3-1-2-4-10(9)14(19)16-15(13)22-11-6-5-8(17(20)21)7-12(11)23-16/h1-7H. The first-order valence-corrected chi connectivity index (χ1v) is 6.63. The molecule has 0 fully saturated rings. The molecule has 0 atom stereocenters. The van der Waals surface area contributed by atoms with Crippen molar-refractivity contribution in [3.63, 3.8) is 0 Å². The number of hydrogen-bond acceptors (Lipinski definition) is 6. The van der Waals surface area contributed by atoms with Crippen molar-refractivity contribution in [1.29, 1.82) is 0 Å². The average molecular weight is 309 g/mol. The van der Waals surface area contributed by atoms with Gasteiger partial charge in [-0.05, 0) is 6.07 Å². The molecule has 2 aromatic carbocycles. The van der Waals surface area contributed by atoms with Gasteiger partial charge in [-0.2, -0.15) is 0 Å². The van der Waals surface area contributed by atoms with Crippen molar-refractivity contribution < 1.29 is 13.8 Å². The first-order valence-electron chi connectivity index (χ1n) is 6.63. The van der Waals surface area contributed by atoms with Crippen molar-refractivity contribution in [2.75, 3.05) is 0 Å². The number of nitrogens with zero attached hydrogens (tertiary/aromatic N) is 1. The van der Waals surface area contributed by atoms with Crippen LogP contribution in [0.3, 0.4) is 0 Å². The van der Waals surface area contributed by atoms with E-state index in [1.165, 1.54) is 24.3 Å². The van der Waals surface area contributed by atoms with E-state index in [-0.39, 0.29) is 38.5 Å². The van der Waals surface area contributed by atoms with Crippen LogP contribution in [-0.4, -0.2) is 4.92 Å². The maximum atomic E-state index is 12.5. The maximum absolute atomic E-state index is 12.5. The molecule has 2 aliphatic rings. The number of fused-ring (bicyclic) bond motifs is 2. The van der Waals surface area contributed by atoms with Gasteiger partial charge in [0.05, 0.1) is 11.0 Å². The molecule has 1 heterocycles. The van der Waals surface area contributed by atoms with Crippen molar-refractivity contribution in [2.24, 2.45) is 0 Å². The highest BCUT2D eigenvalue weighted by atomic mass is 16.6. The molecule has 2 aromatic rings. The number of nitro groups is 1. The molecule has 23 heavy (non-hydrogen) atoms. The zero-order chi connectivity index (χ0) is 16.1. The second kappa shape index (κ2) is 4.51. The summed E-state index contributed by atoms with van der Waals surface area (Å²) in [6.07, 6.45) is 0. The molecule has 0 radical (unpaired) electrons. The molecule has 4 rings (SSSR count). The van der Waals surface area contributed by atoms with Crippen molar-refractivity contribution in [2.45, 2.75) is 0 Å². The summed E-state index contributed by atoms with van der Waals surface area (Å²) in [6.45, 7) is 0. The Bertz CT molecular complexity index is 1280. The number of benzene rings is 2. The van der Waals surface area contributed by atoms with Crippen LogP contribution in [0.25, 0.3) is 21.9 Å². The van der Waals surface area contributed by atoms with Gasteiger partial charge in [0.2, 0.25) is 21.7 Å². The molecule has 0 unspecified atom stereocenters. The van der Waals surface area contributed by atoms with Gasteiger partial charge in [-0.1, -0.05) is 24.3 Å². The van der Waals surface area contributed by atoms with E-state index in [9.17, 15) is 19.7 Å². The lowest BCUT2D eigenvalue weighted by atomic mass is 10.1. The molecule has 0 amide bonds. The Morgan fingerprint density at radius 1 is 0.826 bits per heavy atom. The maximum Gasteiger partial charge on any atom is 0.273 e. The summed E-state index contributed by atoms with van der Waals surface area (Å²) in [5, 5.41) is 11.3.